The van der Waals surface area contributed by atoms with Crippen LogP contribution in [0, 0.1) is 6.92 Å². The summed E-state index contributed by atoms with van der Waals surface area (Å²) in [5.74, 6) is -0.112. The number of nitrogens with zero attached hydrogens (tertiary/aromatic N) is 2. The number of urea groups is 1. The maximum atomic E-state index is 12.8. The van der Waals surface area contributed by atoms with Gasteiger partial charge in [-0.05, 0) is 59.9 Å². The third-order valence-corrected chi connectivity index (χ3v) is 5.35. The molecule has 6 nitrogen and oxygen atoms in total. The van der Waals surface area contributed by atoms with Crippen molar-refractivity contribution in [3.63, 3.8) is 0 Å². The molecule has 152 valence electrons. The molecule has 6 heteroatoms. The van der Waals surface area contributed by atoms with Gasteiger partial charge in [0.25, 0.3) is 0 Å². The van der Waals surface area contributed by atoms with Crippen molar-refractivity contribution in [2.24, 2.45) is 0 Å². The number of hydrogen-bond acceptors (Lipinski definition) is 3. The van der Waals surface area contributed by atoms with Crippen molar-refractivity contribution in [2.75, 3.05) is 18.9 Å². The van der Waals surface area contributed by atoms with Gasteiger partial charge in [-0.3, -0.25) is 9.78 Å². The average Bonchev–Trinajstić information content (AvgIpc) is 2.86. The zero-order valence-electron chi connectivity index (χ0n) is 17.1. The summed E-state index contributed by atoms with van der Waals surface area (Å²) in [4.78, 5) is 31.3. The average molecular weight is 400 g/mol. The van der Waals surface area contributed by atoms with E-state index in [-0.39, 0.29) is 5.91 Å². The molecule has 0 aliphatic carbocycles. The van der Waals surface area contributed by atoms with E-state index in [1.165, 1.54) is 0 Å². The molecule has 0 fully saturated rings. The first-order chi connectivity index (χ1) is 14.5. The standard InChI is InChI=1S/C24H24N4O2/c1-16-15-19(11-13-25-16)17-7-9-20(10-8-17)26-24(30)27-22-21-6-4-3-5-18(21)12-14-28(2)23(22)29/h3-11,13,15,22H,12,14H2,1-2H3,(H2,26,27,30). The summed E-state index contributed by atoms with van der Waals surface area (Å²) in [5.41, 5.74) is 5.66. The van der Waals surface area contributed by atoms with Crippen molar-refractivity contribution in [3.8, 4) is 11.1 Å². The van der Waals surface area contributed by atoms with Crippen LogP contribution in [0.3, 0.4) is 0 Å². The van der Waals surface area contributed by atoms with Crippen LogP contribution in [0.15, 0.2) is 66.9 Å². The Balaban J connectivity index is 1.48. The van der Waals surface area contributed by atoms with Crippen molar-refractivity contribution >= 4 is 17.6 Å². The number of benzene rings is 2. The van der Waals surface area contributed by atoms with E-state index in [0.29, 0.717) is 12.2 Å². The molecular formula is C24H24N4O2. The maximum absolute atomic E-state index is 12.8. The topological polar surface area (TPSA) is 74.3 Å². The van der Waals surface area contributed by atoms with Crippen LogP contribution in [0.5, 0.6) is 0 Å². The maximum Gasteiger partial charge on any atom is 0.320 e. The number of anilines is 1. The number of carbonyl (C=O) groups is 2. The molecule has 0 saturated heterocycles. The lowest BCUT2D eigenvalue weighted by atomic mass is 9.99. The van der Waals surface area contributed by atoms with Crippen LogP contribution in [0.4, 0.5) is 10.5 Å². The van der Waals surface area contributed by atoms with E-state index >= 15 is 0 Å². The molecule has 1 aliphatic rings. The van der Waals surface area contributed by atoms with E-state index in [2.05, 4.69) is 15.6 Å². The summed E-state index contributed by atoms with van der Waals surface area (Å²) in [5, 5.41) is 5.68. The van der Waals surface area contributed by atoms with Gasteiger partial charge in [-0.1, -0.05) is 36.4 Å². The van der Waals surface area contributed by atoms with Gasteiger partial charge in [-0.25, -0.2) is 4.79 Å². The van der Waals surface area contributed by atoms with Crippen LogP contribution in [-0.2, 0) is 11.2 Å². The van der Waals surface area contributed by atoms with Crippen LogP contribution >= 0.6 is 0 Å². The summed E-state index contributed by atoms with van der Waals surface area (Å²) in [6.45, 7) is 2.58. The number of pyridine rings is 1. The van der Waals surface area contributed by atoms with Crippen LogP contribution in [0.25, 0.3) is 11.1 Å². The summed E-state index contributed by atoms with van der Waals surface area (Å²) in [7, 11) is 1.76. The van der Waals surface area contributed by atoms with E-state index in [9.17, 15) is 9.59 Å². The molecule has 0 bridgehead atoms. The highest BCUT2D eigenvalue weighted by atomic mass is 16.2. The zero-order chi connectivity index (χ0) is 21.1. The van der Waals surface area contributed by atoms with E-state index in [0.717, 1.165) is 34.4 Å². The number of fused-ring (bicyclic) bond motifs is 1. The number of hydrogen-bond donors (Lipinski definition) is 2. The van der Waals surface area contributed by atoms with Crippen molar-refractivity contribution in [1.82, 2.24) is 15.2 Å². The zero-order valence-corrected chi connectivity index (χ0v) is 17.1. The van der Waals surface area contributed by atoms with Gasteiger partial charge in [-0.15, -0.1) is 0 Å². The van der Waals surface area contributed by atoms with Gasteiger partial charge >= 0.3 is 6.03 Å². The molecule has 3 aromatic rings. The van der Waals surface area contributed by atoms with Gasteiger partial charge in [0, 0.05) is 31.2 Å². The van der Waals surface area contributed by atoms with Crippen molar-refractivity contribution in [1.29, 1.82) is 0 Å². The fourth-order valence-electron chi connectivity index (χ4n) is 3.70. The predicted molar refractivity (Wildman–Crippen MR) is 117 cm³/mol. The quantitative estimate of drug-likeness (QED) is 0.699. The van der Waals surface area contributed by atoms with Crippen LogP contribution < -0.4 is 10.6 Å². The largest absolute Gasteiger partial charge is 0.343 e. The van der Waals surface area contributed by atoms with Gasteiger partial charge < -0.3 is 15.5 Å². The first-order valence-electron chi connectivity index (χ1n) is 9.94. The van der Waals surface area contributed by atoms with Gasteiger partial charge in [0.05, 0.1) is 0 Å². The SMILES string of the molecule is Cc1cc(-c2ccc(NC(=O)NC3C(=O)N(C)CCc4ccccc43)cc2)ccn1. The molecule has 0 radical (unpaired) electrons. The highest BCUT2D eigenvalue weighted by Crippen LogP contribution is 2.25. The Labute approximate surface area is 175 Å². The second-order valence-electron chi connectivity index (χ2n) is 7.50. The van der Waals surface area contributed by atoms with Crippen molar-refractivity contribution < 1.29 is 9.59 Å². The summed E-state index contributed by atoms with van der Waals surface area (Å²) in [6, 6.07) is 18.2. The third kappa shape index (κ3) is 4.17. The Morgan fingerprint density at radius 3 is 2.60 bits per heavy atom. The predicted octanol–water partition coefficient (Wildman–Crippen LogP) is 3.93. The molecular weight excluding hydrogens is 376 g/mol. The number of nitrogens with one attached hydrogen (secondary N) is 2. The number of rotatable bonds is 3. The summed E-state index contributed by atoms with van der Waals surface area (Å²) < 4.78 is 0. The van der Waals surface area contributed by atoms with E-state index < -0.39 is 12.1 Å². The number of likely N-dealkylation sites (N-methyl/N-ethyl adjacent to an activating group) is 1. The van der Waals surface area contributed by atoms with Gasteiger partial charge in [-0.2, -0.15) is 0 Å². The molecule has 3 amide bonds. The van der Waals surface area contributed by atoms with Gasteiger partial charge in [0.2, 0.25) is 5.91 Å². The number of aromatic nitrogens is 1. The first kappa shape index (κ1) is 19.6. The summed E-state index contributed by atoms with van der Waals surface area (Å²) in [6.07, 6.45) is 2.55. The lowest BCUT2D eigenvalue weighted by molar-refractivity contribution is -0.131. The molecule has 0 spiro atoms. The molecule has 1 atom stereocenters. The molecule has 30 heavy (non-hydrogen) atoms. The molecule has 2 N–H and O–H groups in total. The highest BCUT2D eigenvalue weighted by molar-refractivity contribution is 5.94. The first-order valence-corrected chi connectivity index (χ1v) is 9.94. The Bertz CT molecular complexity index is 1080. The minimum Gasteiger partial charge on any atom is -0.343 e. The smallest absolute Gasteiger partial charge is 0.320 e. The lowest BCUT2D eigenvalue weighted by Crippen LogP contribution is -2.42. The van der Waals surface area contributed by atoms with Gasteiger partial charge in [0.15, 0.2) is 0 Å². The summed E-state index contributed by atoms with van der Waals surface area (Å²) >= 11 is 0. The fraction of sp³-hybridized carbons (Fsp3) is 0.208. The third-order valence-electron chi connectivity index (χ3n) is 5.35. The fourth-order valence-corrected chi connectivity index (χ4v) is 3.70. The number of amides is 3. The highest BCUT2D eigenvalue weighted by Gasteiger charge is 2.30. The second kappa shape index (κ2) is 8.37. The Morgan fingerprint density at radius 1 is 1.07 bits per heavy atom. The molecule has 2 aromatic carbocycles. The van der Waals surface area contributed by atoms with E-state index in [1.807, 2.05) is 67.6 Å². The van der Waals surface area contributed by atoms with Gasteiger partial charge in [0.1, 0.15) is 6.04 Å². The molecule has 4 rings (SSSR count). The Hall–Kier alpha value is -3.67. The minimum atomic E-state index is -0.701. The van der Waals surface area contributed by atoms with E-state index in [4.69, 9.17) is 0 Å². The van der Waals surface area contributed by atoms with Crippen LogP contribution in [0.2, 0.25) is 0 Å². The molecule has 1 aliphatic heterocycles. The second-order valence-corrected chi connectivity index (χ2v) is 7.50. The molecule has 0 saturated carbocycles. The lowest BCUT2D eigenvalue weighted by Gasteiger charge is -2.22. The molecule has 1 unspecified atom stereocenters. The van der Waals surface area contributed by atoms with Crippen LogP contribution in [0.1, 0.15) is 22.9 Å². The normalized spacial score (nSPS) is 15.9. The molecule has 2 heterocycles. The molecule has 1 aromatic heterocycles. The van der Waals surface area contributed by atoms with Crippen molar-refractivity contribution in [3.05, 3.63) is 83.7 Å². The van der Waals surface area contributed by atoms with Crippen molar-refractivity contribution in [2.45, 2.75) is 19.4 Å². The number of carbonyl (C=O) groups excluding carboxylic acids is 2. The number of aryl methyl sites for hydroxylation is 1. The van der Waals surface area contributed by atoms with E-state index in [1.54, 1.807) is 18.1 Å². The Kier molecular flexibility index (Phi) is 5.48. The monoisotopic (exact) mass is 400 g/mol. The van der Waals surface area contributed by atoms with Crippen LogP contribution in [-0.4, -0.2) is 35.4 Å². The minimum absolute atomic E-state index is 0.112. The Morgan fingerprint density at radius 2 is 1.83 bits per heavy atom.